The molecule has 0 heterocycles. The second-order valence-corrected chi connectivity index (χ2v) is 9.68. The Labute approximate surface area is 135 Å². The lowest BCUT2D eigenvalue weighted by Crippen LogP contribution is -2.56. The summed E-state index contributed by atoms with van der Waals surface area (Å²) in [6, 6.07) is 0. The standard InChI is InChI=1S/C20H32O2/c1-18(13-22)7-3-8-19(2)16(18)6-9-20-10-14(4-5-17(19)20)15(11-20)12-21/h13-17,21H,3-12H2,1-2H3/t14-,15-,16+,17+,18-,19-,20+/m0/s1. The van der Waals surface area contributed by atoms with Crippen LogP contribution in [0.2, 0.25) is 0 Å². The number of carbonyl (C=O) groups is 1. The summed E-state index contributed by atoms with van der Waals surface area (Å²) in [4.78, 5) is 11.9. The summed E-state index contributed by atoms with van der Waals surface area (Å²) in [7, 11) is 0. The second-order valence-electron chi connectivity index (χ2n) is 9.68. The minimum atomic E-state index is -0.0829. The first-order chi connectivity index (χ1) is 10.5. The van der Waals surface area contributed by atoms with Crippen molar-refractivity contribution in [1.82, 2.24) is 0 Å². The van der Waals surface area contributed by atoms with Gasteiger partial charge in [0.15, 0.2) is 0 Å². The minimum Gasteiger partial charge on any atom is -0.396 e. The van der Waals surface area contributed by atoms with Crippen molar-refractivity contribution in [3.63, 3.8) is 0 Å². The van der Waals surface area contributed by atoms with Crippen molar-refractivity contribution in [1.29, 1.82) is 0 Å². The van der Waals surface area contributed by atoms with Crippen molar-refractivity contribution in [2.24, 2.45) is 39.9 Å². The van der Waals surface area contributed by atoms with Crippen molar-refractivity contribution < 1.29 is 9.90 Å². The van der Waals surface area contributed by atoms with Gasteiger partial charge in [0.25, 0.3) is 0 Å². The van der Waals surface area contributed by atoms with Crippen LogP contribution in [-0.4, -0.2) is 18.0 Å². The van der Waals surface area contributed by atoms with Crippen LogP contribution in [0.25, 0.3) is 0 Å². The molecule has 1 N–H and O–H groups in total. The summed E-state index contributed by atoms with van der Waals surface area (Å²) in [6.45, 7) is 5.15. The average molecular weight is 304 g/mol. The SMILES string of the molecule is C[C@]12CCC[C@@](C)(C=O)[C@H]1CC[C@@]13C[C@@H](CO)[C@@H](CC[C@@H]12)C3. The van der Waals surface area contributed by atoms with Gasteiger partial charge in [0.1, 0.15) is 6.29 Å². The molecule has 4 aliphatic rings. The van der Waals surface area contributed by atoms with Gasteiger partial charge in [0.2, 0.25) is 0 Å². The summed E-state index contributed by atoms with van der Waals surface area (Å²) in [5.74, 6) is 2.73. The van der Waals surface area contributed by atoms with Crippen molar-refractivity contribution in [2.75, 3.05) is 6.61 Å². The van der Waals surface area contributed by atoms with Gasteiger partial charge in [0, 0.05) is 12.0 Å². The quantitative estimate of drug-likeness (QED) is 0.776. The topological polar surface area (TPSA) is 37.3 Å². The third kappa shape index (κ3) is 1.79. The molecule has 0 aromatic rings. The van der Waals surface area contributed by atoms with Crippen LogP contribution in [0.15, 0.2) is 0 Å². The van der Waals surface area contributed by atoms with Crippen LogP contribution in [0.4, 0.5) is 0 Å². The Hall–Kier alpha value is -0.370. The fourth-order valence-corrected chi connectivity index (χ4v) is 7.99. The lowest BCUT2D eigenvalue weighted by molar-refractivity contribution is -0.157. The molecule has 2 nitrogen and oxygen atoms in total. The zero-order valence-corrected chi connectivity index (χ0v) is 14.3. The molecule has 0 aromatic carbocycles. The fraction of sp³-hybridized carbons (Fsp3) is 0.950. The highest BCUT2D eigenvalue weighted by atomic mass is 16.3. The Morgan fingerprint density at radius 3 is 2.59 bits per heavy atom. The van der Waals surface area contributed by atoms with Crippen molar-refractivity contribution in [3.05, 3.63) is 0 Å². The van der Waals surface area contributed by atoms with Gasteiger partial charge < -0.3 is 9.90 Å². The molecule has 2 bridgehead atoms. The molecule has 1 spiro atoms. The zero-order chi connectivity index (χ0) is 15.6. The third-order valence-corrected chi connectivity index (χ3v) is 8.82. The Morgan fingerprint density at radius 2 is 1.86 bits per heavy atom. The molecule has 0 radical (unpaired) electrons. The first-order valence-electron chi connectivity index (χ1n) is 9.55. The highest BCUT2D eigenvalue weighted by Crippen LogP contribution is 2.72. The van der Waals surface area contributed by atoms with Crippen molar-refractivity contribution in [3.8, 4) is 0 Å². The number of hydrogen-bond donors (Lipinski definition) is 1. The molecule has 0 saturated heterocycles. The number of rotatable bonds is 2. The van der Waals surface area contributed by atoms with E-state index in [1.807, 2.05) is 0 Å². The molecule has 124 valence electrons. The maximum atomic E-state index is 11.9. The Bertz CT molecular complexity index is 474. The maximum absolute atomic E-state index is 11.9. The van der Waals surface area contributed by atoms with E-state index in [1.54, 1.807) is 0 Å². The average Bonchev–Trinajstić information content (AvgIpc) is 2.77. The van der Waals surface area contributed by atoms with E-state index in [0.717, 1.165) is 18.3 Å². The van der Waals surface area contributed by atoms with Gasteiger partial charge in [-0.25, -0.2) is 0 Å². The van der Waals surface area contributed by atoms with Crippen LogP contribution in [0.3, 0.4) is 0 Å². The van der Waals surface area contributed by atoms with Crippen LogP contribution in [0.1, 0.15) is 71.6 Å². The molecular formula is C20H32O2. The molecule has 7 atom stereocenters. The fourth-order valence-electron chi connectivity index (χ4n) is 7.99. The van der Waals surface area contributed by atoms with Crippen LogP contribution in [-0.2, 0) is 4.79 Å². The van der Waals surface area contributed by atoms with Gasteiger partial charge in [0.05, 0.1) is 0 Å². The predicted molar refractivity (Wildman–Crippen MR) is 87.3 cm³/mol. The van der Waals surface area contributed by atoms with E-state index in [9.17, 15) is 9.90 Å². The largest absolute Gasteiger partial charge is 0.396 e. The number of aldehydes is 1. The molecule has 2 heteroatoms. The van der Waals surface area contributed by atoms with Gasteiger partial charge in [-0.2, -0.15) is 0 Å². The number of aliphatic hydroxyl groups is 1. The van der Waals surface area contributed by atoms with E-state index < -0.39 is 0 Å². The first-order valence-corrected chi connectivity index (χ1v) is 9.55. The van der Waals surface area contributed by atoms with E-state index in [-0.39, 0.29) is 5.41 Å². The van der Waals surface area contributed by atoms with Gasteiger partial charge in [-0.15, -0.1) is 0 Å². The minimum absolute atomic E-state index is 0.0829. The molecule has 0 aromatic heterocycles. The van der Waals surface area contributed by atoms with Crippen molar-refractivity contribution in [2.45, 2.75) is 71.6 Å². The Kier molecular flexibility index (Phi) is 3.32. The van der Waals surface area contributed by atoms with E-state index in [4.69, 9.17) is 0 Å². The second kappa shape index (κ2) is 4.82. The molecular weight excluding hydrogens is 272 g/mol. The summed E-state index contributed by atoms with van der Waals surface area (Å²) >= 11 is 0. The number of fused-ring (bicyclic) bond motifs is 3. The normalized spacial score (nSPS) is 57.0. The molecule has 0 unspecified atom stereocenters. The van der Waals surface area contributed by atoms with Crippen LogP contribution in [0, 0.1) is 39.9 Å². The molecule has 4 saturated carbocycles. The van der Waals surface area contributed by atoms with E-state index in [0.29, 0.717) is 29.3 Å². The first kappa shape index (κ1) is 15.2. The van der Waals surface area contributed by atoms with Crippen LogP contribution in [0.5, 0.6) is 0 Å². The highest BCUT2D eigenvalue weighted by Gasteiger charge is 2.64. The smallest absolute Gasteiger partial charge is 0.126 e. The molecule has 0 aliphatic heterocycles. The van der Waals surface area contributed by atoms with Crippen LogP contribution < -0.4 is 0 Å². The van der Waals surface area contributed by atoms with Gasteiger partial charge in [-0.1, -0.05) is 20.3 Å². The summed E-state index contributed by atoms with van der Waals surface area (Å²) < 4.78 is 0. The van der Waals surface area contributed by atoms with Gasteiger partial charge in [-0.3, -0.25) is 0 Å². The van der Waals surface area contributed by atoms with Gasteiger partial charge >= 0.3 is 0 Å². The van der Waals surface area contributed by atoms with E-state index in [2.05, 4.69) is 13.8 Å². The third-order valence-electron chi connectivity index (χ3n) is 8.82. The lowest BCUT2D eigenvalue weighted by Gasteiger charge is -2.63. The zero-order valence-electron chi connectivity index (χ0n) is 14.3. The van der Waals surface area contributed by atoms with Crippen LogP contribution >= 0.6 is 0 Å². The lowest BCUT2D eigenvalue weighted by atomic mass is 9.41. The summed E-state index contributed by atoms with van der Waals surface area (Å²) in [6.07, 6.45) is 12.8. The monoisotopic (exact) mass is 304 g/mol. The Balaban J connectivity index is 1.70. The predicted octanol–water partition coefficient (Wildman–Crippen LogP) is 4.21. The molecule has 0 amide bonds. The molecule has 4 fully saturated rings. The van der Waals surface area contributed by atoms with Gasteiger partial charge in [-0.05, 0) is 85.9 Å². The molecule has 4 rings (SSSR count). The van der Waals surface area contributed by atoms with E-state index in [1.165, 1.54) is 57.7 Å². The maximum Gasteiger partial charge on any atom is 0.126 e. The number of hydrogen-bond acceptors (Lipinski definition) is 2. The highest BCUT2D eigenvalue weighted by molar-refractivity contribution is 5.60. The summed E-state index contributed by atoms with van der Waals surface area (Å²) in [5.41, 5.74) is 0.782. The molecule has 4 aliphatic carbocycles. The summed E-state index contributed by atoms with van der Waals surface area (Å²) in [5, 5.41) is 9.77. The number of aliphatic hydroxyl groups excluding tert-OH is 1. The van der Waals surface area contributed by atoms with Crippen molar-refractivity contribution >= 4 is 6.29 Å². The number of carbonyl (C=O) groups excluding carboxylic acids is 1. The van der Waals surface area contributed by atoms with E-state index >= 15 is 0 Å². The molecule has 22 heavy (non-hydrogen) atoms. The Morgan fingerprint density at radius 1 is 1.05 bits per heavy atom.